The molecule has 280 valence electrons. The summed E-state index contributed by atoms with van der Waals surface area (Å²) in [4.78, 5) is 7.38. The van der Waals surface area contributed by atoms with Gasteiger partial charge in [-0.2, -0.15) is 31.6 Å². The van der Waals surface area contributed by atoms with Gasteiger partial charge in [0.25, 0.3) is 0 Å². The number of nitrogens with zero attached hydrogens (tertiary/aromatic N) is 4. The van der Waals surface area contributed by atoms with Gasteiger partial charge in [0.15, 0.2) is 12.1 Å². The highest BCUT2D eigenvalue weighted by molar-refractivity contribution is 8.00. The number of aromatic nitrogens is 3. The van der Waals surface area contributed by atoms with Crippen LogP contribution in [0, 0.1) is 12.8 Å². The summed E-state index contributed by atoms with van der Waals surface area (Å²) in [6.07, 6.45) is -9.48. The Balaban J connectivity index is 1.36. The van der Waals surface area contributed by atoms with Crippen LogP contribution < -0.4 is 15.0 Å². The van der Waals surface area contributed by atoms with Gasteiger partial charge in [0.1, 0.15) is 5.75 Å². The predicted molar refractivity (Wildman–Crippen MR) is 195 cm³/mol. The molecule has 8 nitrogen and oxygen atoms in total. The van der Waals surface area contributed by atoms with Crippen molar-refractivity contribution in [1.82, 2.24) is 14.8 Å². The Kier molecular flexibility index (Phi) is 11.4. The molecule has 2 atom stereocenters. The van der Waals surface area contributed by atoms with Crippen LogP contribution in [0.15, 0.2) is 60.7 Å². The number of hydrogen-bond acceptors (Lipinski definition) is 8. The average molecular weight is 746 g/mol. The lowest BCUT2D eigenvalue weighted by Gasteiger charge is -2.41. The normalized spacial score (nSPS) is 17.9. The van der Waals surface area contributed by atoms with Crippen LogP contribution >= 0.6 is 11.8 Å². The van der Waals surface area contributed by atoms with Crippen molar-refractivity contribution in [2.75, 3.05) is 42.3 Å². The number of hydrogen-bond donors (Lipinski definition) is 1. The zero-order valence-corrected chi connectivity index (χ0v) is 30.7. The molecule has 2 aliphatic heterocycles. The number of benzene rings is 3. The Labute approximate surface area is 305 Å². The maximum absolute atomic E-state index is 13.6. The molecule has 3 aromatic carbocycles. The van der Waals surface area contributed by atoms with E-state index in [-0.39, 0.29) is 6.54 Å². The van der Waals surface area contributed by atoms with E-state index in [4.69, 9.17) is 19.6 Å². The average Bonchev–Trinajstić information content (AvgIpc) is 3.81. The zero-order valence-electron chi connectivity index (χ0n) is 29.8. The SMILES string of the molecule is CCC(C)C1SCCCN1c1cc(-c2cc(-c3nc(NCC4OCCO4)n(-c4ccc(OC(F)(F)C(F)(F)F)cc4)n3)ccc2C)ccc1C(C)C. The minimum atomic E-state index is -5.86. The summed E-state index contributed by atoms with van der Waals surface area (Å²) in [6, 6.07) is 17.5. The second kappa shape index (κ2) is 15.6. The van der Waals surface area contributed by atoms with Crippen LogP contribution in [-0.2, 0) is 9.47 Å². The second-order valence-corrected chi connectivity index (χ2v) is 14.7. The molecule has 2 unspecified atom stereocenters. The van der Waals surface area contributed by atoms with E-state index in [9.17, 15) is 22.0 Å². The second-order valence-electron chi connectivity index (χ2n) is 13.5. The summed E-state index contributed by atoms with van der Waals surface area (Å²) >= 11 is 2.04. The minimum absolute atomic E-state index is 0.244. The van der Waals surface area contributed by atoms with E-state index in [1.165, 1.54) is 28.1 Å². The molecule has 0 radical (unpaired) electrons. The van der Waals surface area contributed by atoms with Crippen LogP contribution in [0.1, 0.15) is 57.6 Å². The fraction of sp³-hybridized carbons (Fsp3) is 0.474. The van der Waals surface area contributed by atoms with Crippen LogP contribution in [0.2, 0.25) is 0 Å². The van der Waals surface area contributed by atoms with Gasteiger partial charge >= 0.3 is 12.3 Å². The van der Waals surface area contributed by atoms with E-state index in [2.05, 4.69) is 73.8 Å². The summed E-state index contributed by atoms with van der Waals surface area (Å²) in [5, 5.41) is 8.34. The maximum atomic E-state index is 13.6. The van der Waals surface area contributed by atoms with E-state index in [1.54, 1.807) is 0 Å². The molecule has 2 fully saturated rings. The molecular weight excluding hydrogens is 702 g/mol. The summed E-state index contributed by atoms with van der Waals surface area (Å²) in [5.41, 5.74) is 6.87. The van der Waals surface area contributed by atoms with Gasteiger partial charge in [-0.05, 0) is 89.6 Å². The van der Waals surface area contributed by atoms with Gasteiger partial charge in [0.2, 0.25) is 5.95 Å². The van der Waals surface area contributed by atoms with Gasteiger partial charge in [0.05, 0.1) is 30.8 Å². The summed E-state index contributed by atoms with van der Waals surface area (Å²) < 4.78 is 81.9. The van der Waals surface area contributed by atoms with Gasteiger partial charge in [-0.1, -0.05) is 58.4 Å². The molecule has 14 heteroatoms. The quantitative estimate of drug-likeness (QED) is 0.144. The Bertz CT molecular complexity index is 1830. The minimum Gasteiger partial charge on any atom is -0.426 e. The van der Waals surface area contributed by atoms with Crippen molar-refractivity contribution >= 4 is 23.4 Å². The largest absolute Gasteiger partial charge is 0.499 e. The van der Waals surface area contributed by atoms with Crippen molar-refractivity contribution in [3.63, 3.8) is 0 Å². The Hall–Kier alpha value is -3.88. The molecule has 4 aromatic rings. The topological polar surface area (TPSA) is 73.7 Å². The maximum Gasteiger partial charge on any atom is 0.499 e. The van der Waals surface area contributed by atoms with Crippen LogP contribution in [0.3, 0.4) is 0 Å². The van der Waals surface area contributed by atoms with Gasteiger partial charge in [0, 0.05) is 17.8 Å². The van der Waals surface area contributed by atoms with Crippen molar-refractivity contribution < 1.29 is 36.2 Å². The molecule has 1 N–H and O–H groups in total. The standard InChI is InChI=1S/C38H44F5N5O3S/c1-6-24(4)35-47(16-7-19-52-35)32-21-26(10-15-30(32)23(2)3)31-20-27(9-8-25(31)5)34-45-36(44-22-33-49-17-18-50-33)48(46-34)28-11-13-29(14-12-28)51-38(42,43)37(39,40)41/h8-15,20-21,23-24,33,35H,6-7,16-19,22H2,1-5H3,(H,44,45,46). The molecule has 0 spiro atoms. The highest BCUT2D eigenvalue weighted by atomic mass is 32.2. The van der Waals surface area contributed by atoms with E-state index in [0.29, 0.717) is 47.9 Å². The molecule has 0 bridgehead atoms. The molecule has 0 aliphatic carbocycles. The molecule has 3 heterocycles. The molecule has 2 saturated heterocycles. The third-order valence-electron chi connectivity index (χ3n) is 9.42. The lowest BCUT2D eigenvalue weighted by molar-refractivity contribution is -0.360. The van der Waals surface area contributed by atoms with Crippen molar-refractivity contribution in [3.05, 3.63) is 71.8 Å². The molecule has 0 amide bonds. The van der Waals surface area contributed by atoms with E-state index >= 15 is 0 Å². The number of rotatable bonds is 12. The van der Waals surface area contributed by atoms with E-state index in [0.717, 1.165) is 59.5 Å². The van der Waals surface area contributed by atoms with Gasteiger partial charge < -0.3 is 24.4 Å². The molecule has 52 heavy (non-hydrogen) atoms. The fourth-order valence-corrected chi connectivity index (χ4v) is 7.85. The van der Waals surface area contributed by atoms with Crippen LogP contribution in [0.4, 0.5) is 33.6 Å². The molecule has 1 aromatic heterocycles. The van der Waals surface area contributed by atoms with Crippen molar-refractivity contribution in [3.8, 4) is 34.0 Å². The fourth-order valence-electron chi connectivity index (χ4n) is 6.40. The van der Waals surface area contributed by atoms with E-state index < -0.39 is 24.3 Å². The Morgan fingerprint density at radius 3 is 2.35 bits per heavy atom. The van der Waals surface area contributed by atoms with Crippen molar-refractivity contribution in [2.24, 2.45) is 5.92 Å². The highest BCUT2D eigenvalue weighted by Crippen LogP contribution is 2.41. The van der Waals surface area contributed by atoms with Crippen molar-refractivity contribution in [2.45, 2.75) is 77.3 Å². The molecule has 2 aliphatic rings. The number of nitrogens with one attached hydrogen (secondary N) is 1. The van der Waals surface area contributed by atoms with Gasteiger partial charge in [-0.15, -0.1) is 16.9 Å². The van der Waals surface area contributed by atoms with Crippen LogP contribution in [-0.4, -0.2) is 70.8 Å². The number of aryl methyl sites for hydroxylation is 1. The first-order chi connectivity index (χ1) is 24.8. The van der Waals surface area contributed by atoms with Gasteiger partial charge in [-0.25, -0.2) is 0 Å². The Morgan fingerprint density at radius 1 is 0.962 bits per heavy atom. The van der Waals surface area contributed by atoms with Crippen LogP contribution in [0.25, 0.3) is 28.2 Å². The summed E-state index contributed by atoms with van der Waals surface area (Å²) in [6.45, 7) is 13.3. The Morgan fingerprint density at radius 2 is 1.67 bits per heavy atom. The lowest BCUT2D eigenvalue weighted by Crippen LogP contribution is -2.42. The lowest BCUT2D eigenvalue weighted by atomic mass is 9.92. The first kappa shape index (κ1) is 37.9. The first-order valence-corrected chi connectivity index (χ1v) is 18.6. The number of ether oxygens (including phenoxy) is 3. The molecule has 0 saturated carbocycles. The summed E-state index contributed by atoms with van der Waals surface area (Å²) in [5.74, 6) is 2.07. The smallest absolute Gasteiger partial charge is 0.426 e. The monoisotopic (exact) mass is 745 g/mol. The first-order valence-electron chi connectivity index (χ1n) is 17.6. The van der Waals surface area contributed by atoms with Crippen molar-refractivity contribution in [1.29, 1.82) is 0 Å². The number of anilines is 2. The zero-order chi connectivity index (χ0) is 37.2. The third kappa shape index (κ3) is 8.18. The number of thioether (sulfide) groups is 1. The molecular formula is C38H44F5N5O3S. The molecule has 6 rings (SSSR count). The summed E-state index contributed by atoms with van der Waals surface area (Å²) in [7, 11) is 0. The van der Waals surface area contributed by atoms with Gasteiger partial charge in [-0.3, -0.25) is 0 Å². The highest BCUT2D eigenvalue weighted by Gasteiger charge is 2.61. The number of alkyl halides is 5. The number of halogens is 5. The van der Waals surface area contributed by atoms with E-state index in [1.807, 2.05) is 23.9 Å². The van der Waals surface area contributed by atoms with Crippen LogP contribution in [0.5, 0.6) is 5.75 Å². The third-order valence-corrected chi connectivity index (χ3v) is 11.0. The predicted octanol–water partition coefficient (Wildman–Crippen LogP) is 9.67.